The molecule has 0 fully saturated rings. The molecule has 3 aromatic carbocycles. The Labute approximate surface area is 162 Å². The summed E-state index contributed by atoms with van der Waals surface area (Å²) in [5, 5.41) is 2.81. The molecule has 0 aliphatic carbocycles. The summed E-state index contributed by atoms with van der Waals surface area (Å²) in [6, 6.07) is 24.3. The van der Waals surface area contributed by atoms with E-state index in [0.29, 0.717) is 17.1 Å². The van der Waals surface area contributed by atoms with Crippen molar-refractivity contribution in [3.8, 4) is 11.5 Å². The van der Waals surface area contributed by atoms with Crippen molar-refractivity contribution < 1.29 is 9.53 Å². The molecule has 5 heteroatoms. The van der Waals surface area contributed by atoms with Crippen molar-refractivity contribution in [2.24, 2.45) is 0 Å². The smallest absolute Gasteiger partial charge is 0.248 e. The lowest BCUT2D eigenvalue weighted by Crippen LogP contribution is -2.07. The fourth-order valence-electron chi connectivity index (χ4n) is 2.63. The summed E-state index contributed by atoms with van der Waals surface area (Å²) >= 11 is 0. The van der Waals surface area contributed by atoms with Crippen LogP contribution in [-0.2, 0) is 4.79 Å². The Morgan fingerprint density at radius 2 is 1.50 bits per heavy atom. The van der Waals surface area contributed by atoms with E-state index in [0.717, 1.165) is 16.8 Å². The van der Waals surface area contributed by atoms with Gasteiger partial charge in [-0.15, -0.1) is 0 Å². The van der Waals surface area contributed by atoms with Gasteiger partial charge in [0.25, 0.3) is 0 Å². The molecule has 1 amide bonds. The van der Waals surface area contributed by atoms with E-state index in [1.165, 1.54) is 6.08 Å². The van der Waals surface area contributed by atoms with Gasteiger partial charge in [-0.25, -0.2) is 4.98 Å². The van der Waals surface area contributed by atoms with Crippen LogP contribution in [0.2, 0.25) is 0 Å². The molecule has 0 radical (unpaired) electrons. The minimum Gasteiger partial charge on any atom is -0.457 e. The number of nitrogens with zero attached hydrogens (tertiary/aromatic N) is 2. The monoisotopic (exact) mass is 367 g/mol. The summed E-state index contributed by atoms with van der Waals surface area (Å²) in [4.78, 5) is 20.9. The Bertz CT molecular complexity index is 1120. The van der Waals surface area contributed by atoms with Gasteiger partial charge in [0.05, 0.1) is 22.9 Å². The summed E-state index contributed by atoms with van der Waals surface area (Å²) in [6.45, 7) is 0. The van der Waals surface area contributed by atoms with E-state index in [4.69, 9.17) is 4.74 Å². The topological polar surface area (TPSA) is 64.1 Å². The molecule has 4 aromatic rings. The Balaban J connectivity index is 1.38. The van der Waals surface area contributed by atoms with Gasteiger partial charge in [0, 0.05) is 11.8 Å². The van der Waals surface area contributed by atoms with Crippen LogP contribution in [0.25, 0.3) is 17.1 Å². The molecule has 28 heavy (non-hydrogen) atoms. The molecule has 0 atom stereocenters. The van der Waals surface area contributed by atoms with Crippen molar-refractivity contribution >= 4 is 28.7 Å². The molecular formula is C23H17N3O2. The van der Waals surface area contributed by atoms with Crippen LogP contribution < -0.4 is 10.1 Å². The Kier molecular flexibility index (Phi) is 5.06. The second-order valence-corrected chi connectivity index (χ2v) is 6.05. The maximum atomic E-state index is 12.1. The third kappa shape index (κ3) is 4.40. The number of hydrogen-bond donors (Lipinski definition) is 1. The molecule has 4 rings (SSSR count). The summed E-state index contributed by atoms with van der Waals surface area (Å²) in [5.74, 6) is 1.22. The van der Waals surface area contributed by atoms with Crippen LogP contribution in [0.5, 0.6) is 11.5 Å². The lowest BCUT2D eigenvalue weighted by atomic mass is 10.2. The van der Waals surface area contributed by atoms with Crippen molar-refractivity contribution in [2.45, 2.75) is 0 Å². The first-order valence-corrected chi connectivity index (χ1v) is 8.80. The SMILES string of the molecule is O=C(/C=C/c1cnc2ccccc2n1)Nc1ccc(Oc2ccccc2)cc1. The number of carbonyl (C=O) groups excluding carboxylic acids is 1. The van der Waals surface area contributed by atoms with E-state index in [-0.39, 0.29) is 5.91 Å². The standard InChI is InChI=1S/C23H17N3O2/c27-23(15-12-18-16-24-21-8-4-5-9-22(21)25-18)26-17-10-13-20(14-11-17)28-19-6-2-1-3-7-19/h1-16H,(H,26,27)/b15-12+. The van der Waals surface area contributed by atoms with Crippen molar-refractivity contribution in [3.63, 3.8) is 0 Å². The quantitative estimate of drug-likeness (QED) is 0.500. The third-order valence-corrected chi connectivity index (χ3v) is 3.97. The predicted molar refractivity (Wildman–Crippen MR) is 110 cm³/mol. The van der Waals surface area contributed by atoms with Crippen molar-refractivity contribution in [2.75, 3.05) is 5.32 Å². The maximum absolute atomic E-state index is 12.1. The average Bonchev–Trinajstić information content (AvgIpc) is 2.74. The van der Waals surface area contributed by atoms with Crippen LogP contribution in [0.1, 0.15) is 5.69 Å². The van der Waals surface area contributed by atoms with Gasteiger partial charge in [-0.2, -0.15) is 0 Å². The Morgan fingerprint density at radius 3 is 2.29 bits per heavy atom. The number of aromatic nitrogens is 2. The highest BCUT2D eigenvalue weighted by Gasteiger charge is 2.01. The van der Waals surface area contributed by atoms with Crippen LogP contribution in [0, 0.1) is 0 Å². The zero-order valence-electron chi connectivity index (χ0n) is 14.9. The first-order valence-electron chi connectivity index (χ1n) is 8.80. The summed E-state index contributed by atoms with van der Waals surface area (Å²) < 4.78 is 5.74. The van der Waals surface area contributed by atoms with Gasteiger partial charge in [0.1, 0.15) is 11.5 Å². The van der Waals surface area contributed by atoms with E-state index in [9.17, 15) is 4.79 Å². The van der Waals surface area contributed by atoms with E-state index >= 15 is 0 Å². The molecule has 0 bridgehead atoms. The van der Waals surface area contributed by atoms with Crippen LogP contribution >= 0.6 is 0 Å². The first-order chi connectivity index (χ1) is 13.8. The lowest BCUT2D eigenvalue weighted by Gasteiger charge is -2.07. The van der Waals surface area contributed by atoms with Gasteiger partial charge in [-0.05, 0) is 54.6 Å². The maximum Gasteiger partial charge on any atom is 0.248 e. The van der Waals surface area contributed by atoms with E-state index in [1.807, 2.05) is 54.6 Å². The molecule has 0 spiro atoms. The number of fused-ring (bicyclic) bond motifs is 1. The van der Waals surface area contributed by atoms with E-state index < -0.39 is 0 Å². The van der Waals surface area contributed by atoms with Gasteiger partial charge in [-0.3, -0.25) is 9.78 Å². The molecule has 1 heterocycles. The van der Waals surface area contributed by atoms with Gasteiger partial charge in [-0.1, -0.05) is 30.3 Å². The fraction of sp³-hybridized carbons (Fsp3) is 0. The second-order valence-electron chi connectivity index (χ2n) is 6.05. The largest absolute Gasteiger partial charge is 0.457 e. The van der Waals surface area contributed by atoms with Crippen LogP contribution in [0.3, 0.4) is 0 Å². The van der Waals surface area contributed by atoms with Gasteiger partial charge < -0.3 is 10.1 Å². The number of anilines is 1. The lowest BCUT2D eigenvalue weighted by molar-refractivity contribution is -0.111. The number of para-hydroxylation sites is 3. The molecule has 1 aromatic heterocycles. The zero-order valence-corrected chi connectivity index (χ0v) is 14.9. The summed E-state index contributed by atoms with van der Waals surface area (Å²) in [5.41, 5.74) is 2.92. The number of benzene rings is 3. The zero-order chi connectivity index (χ0) is 19.2. The molecule has 0 aliphatic rings. The van der Waals surface area contributed by atoms with Crippen LogP contribution in [0.15, 0.2) is 91.1 Å². The number of hydrogen-bond acceptors (Lipinski definition) is 4. The van der Waals surface area contributed by atoms with Gasteiger partial charge >= 0.3 is 0 Å². The third-order valence-electron chi connectivity index (χ3n) is 3.97. The number of amides is 1. The fourth-order valence-corrected chi connectivity index (χ4v) is 2.63. The molecule has 5 nitrogen and oxygen atoms in total. The highest BCUT2D eigenvalue weighted by atomic mass is 16.5. The first kappa shape index (κ1) is 17.4. The van der Waals surface area contributed by atoms with Crippen molar-refractivity contribution in [3.05, 3.63) is 96.8 Å². The minimum absolute atomic E-state index is 0.244. The predicted octanol–water partition coefficient (Wildman–Crippen LogP) is 5.07. The van der Waals surface area contributed by atoms with Crippen molar-refractivity contribution in [1.29, 1.82) is 0 Å². The molecule has 0 aliphatic heterocycles. The van der Waals surface area contributed by atoms with E-state index in [1.54, 1.807) is 36.5 Å². The number of rotatable bonds is 5. The minimum atomic E-state index is -0.244. The number of nitrogens with one attached hydrogen (secondary N) is 1. The van der Waals surface area contributed by atoms with Gasteiger partial charge in [0.2, 0.25) is 5.91 Å². The molecule has 136 valence electrons. The second kappa shape index (κ2) is 8.14. The Morgan fingerprint density at radius 1 is 0.821 bits per heavy atom. The molecular weight excluding hydrogens is 350 g/mol. The highest BCUT2D eigenvalue weighted by molar-refractivity contribution is 6.01. The normalized spacial score (nSPS) is 10.9. The van der Waals surface area contributed by atoms with Crippen LogP contribution in [0.4, 0.5) is 5.69 Å². The molecule has 1 N–H and O–H groups in total. The number of ether oxygens (including phenoxy) is 1. The highest BCUT2D eigenvalue weighted by Crippen LogP contribution is 2.22. The van der Waals surface area contributed by atoms with Gasteiger partial charge in [0.15, 0.2) is 0 Å². The summed E-state index contributed by atoms with van der Waals surface area (Å²) in [6.07, 6.45) is 4.72. The molecule has 0 unspecified atom stereocenters. The van der Waals surface area contributed by atoms with Crippen LogP contribution in [-0.4, -0.2) is 15.9 Å². The number of carbonyl (C=O) groups is 1. The van der Waals surface area contributed by atoms with E-state index in [2.05, 4.69) is 15.3 Å². The summed E-state index contributed by atoms with van der Waals surface area (Å²) in [7, 11) is 0. The molecule has 0 saturated heterocycles. The Hall–Kier alpha value is -3.99. The average molecular weight is 367 g/mol. The molecule has 0 saturated carbocycles. The van der Waals surface area contributed by atoms with Crippen molar-refractivity contribution in [1.82, 2.24) is 9.97 Å².